The highest BCUT2D eigenvalue weighted by Crippen LogP contribution is 2.47. The summed E-state index contributed by atoms with van der Waals surface area (Å²) in [6, 6.07) is 9.64. The van der Waals surface area contributed by atoms with Crippen LogP contribution in [0, 0.1) is 5.92 Å². The van der Waals surface area contributed by atoms with E-state index < -0.39 is 17.8 Å². The van der Waals surface area contributed by atoms with Gasteiger partial charge >= 0.3 is 6.18 Å². The molecule has 0 aromatic heterocycles. The Kier molecular flexibility index (Phi) is 17.5. The number of anilines is 1. The third-order valence-electron chi connectivity index (χ3n) is 7.12. The van der Waals surface area contributed by atoms with E-state index in [1.165, 1.54) is 18.6 Å². The minimum atomic E-state index is -4.45. The minimum absolute atomic E-state index is 0.260. The minimum Gasteiger partial charge on any atom is -0.494 e. The Morgan fingerprint density at radius 2 is 1.64 bits per heavy atom. The number of hydrogen-bond acceptors (Lipinski definition) is 3. The molecule has 6 heteroatoms. The molecule has 1 atom stereocenters. The number of alkyl halides is 3. The van der Waals surface area contributed by atoms with E-state index in [2.05, 4.69) is 60.4 Å². The number of halogens is 3. The van der Waals surface area contributed by atoms with Crippen LogP contribution in [-0.2, 0) is 16.3 Å². The quantitative estimate of drug-likeness (QED) is 0.339. The molecule has 2 aromatic carbocycles. The number of fused-ring (bicyclic) bond motifs is 1. The van der Waals surface area contributed by atoms with Crippen molar-refractivity contribution >= 4 is 5.69 Å². The Hall–Kier alpha value is -2.73. The Labute approximate surface area is 254 Å². The molecule has 0 unspecified atom stereocenters. The van der Waals surface area contributed by atoms with Gasteiger partial charge in [0.25, 0.3) is 0 Å². The van der Waals surface area contributed by atoms with Crippen molar-refractivity contribution in [2.75, 3.05) is 18.5 Å². The van der Waals surface area contributed by atoms with E-state index in [0.29, 0.717) is 17.9 Å². The molecule has 0 saturated heterocycles. The average Bonchev–Trinajstić information content (AvgIpc) is 3.13. The van der Waals surface area contributed by atoms with Gasteiger partial charge in [0.05, 0.1) is 18.8 Å². The molecule has 0 amide bonds. The summed E-state index contributed by atoms with van der Waals surface area (Å²) in [6.45, 7) is 28.8. The third-order valence-corrected chi connectivity index (χ3v) is 7.12. The number of nitrogens with one attached hydrogen (secondary N) is 1. The monoisotopic (exact) mass is 591 g/mol. The first-order valence-electron chi connectivity index (χ1n) is 15.4. The molecular formula is C36H56F3NO2. The van der Waals surface area contributed by atoms with E-state index in [1.807, 2.05) is 52.8 Å². The summed E-state index contributed by atoms with van der Waals surface area (Å²) in [5, 5.41) is 3.37. The lowest BCUT2D eigenvalue weighted by Gasteiger charge is -2.35. The maximum Gasteiger partial charge on any atom is 0.416 e. The van der Waals surface area contributed by atoms with Gasteiger partial charge in [-0.3, -0.25) is 0 Å². The lowest BCUT2D eigenvalue weighted by molar-refractivity contribution is -0.137. The second-order valence-electron chi connectivity index (χ2n) is 10.9. The van der Waals surface area contributed by atoms with Gasteiger partial charge in [0.15, 0.2) is 0 Å². The molecule has 0 spiro atoms. The predicted octanol–water partition coefficient (Wildman–Crippen LogP) is 11.9. The Morgan fingerprint density at radius 3 is 2.12 bits per heavy atom. The van der Waals surface area contributed by atoms with E-state index in [0.717, 1.165) is 40.6 Å². The first kappa shape index (κ1) is 39.3. The normalized spacial score (nSPS) is 15.7. The summed E-state index contributed by atoms with van der Waals surface area (Å²) in [5.74, 6) is 1.00. The summed E-state index contributed by atoms with van der Waals surface area (Å²) in [4.78, 5) is 0. The molecule has 42 heavy (non-hydrogen) atoms. The summed E-state index contributed by atoms with van der Waals surface area (Å²) in [6.07, 6.45) is -1.31. The molecule has 1 aliphatic heterocycles. The number of hydrogen-bond donors (Lipinski definition) is 1. The molecule has 1 heterocycles. The van der Waals surface area contributed by atoms with Crippen LogP contribution in [0.15, 0.2) is 60.3 Å². The molecule has 0 aliphatic carbocycles. The van der Waals surface area contributed by atoms with Crippen molar-refractivity contribution in [3.8, 4) is 5.75 Å². The van der Waals surface area contributed by atoms with E-state index in [9.17, 15) is 13.2 Å². The van der Waals surface area contributed by atoms with Crippen molar-refractivity contribution < 1.29 is 22.6 Å². The topological polar surface area (TPSA) is 30.5 Å². The molecule has 0 saturated carbocycles. The zero-order valence-corrected chi connectivity index (χ0v) is 28.2. The summed E-state index contributed by atoms with van der Waals surface area (Å²) in [7, 11) is 0. The predicted molar refractivity (Wildman–Crippen MR) is 175 cm³/mol. The van der Waals surface area contributed by atoms with Gasteiger partial charge in [-0.05, 0) is 68.4 Å². The average molecular weight is 592 g/mol. The van der Waals surface area contributed by atoms with Gasteiger partial charge in [-0.15, -0.1) is 6.58 Å². The fourth-order valence-electron chi connectivity index (χ4n) is 4.25. The van der Waals surface area contributed by atoms with E-state index in [-0.39, 0.29) is 17.9 Å². The van der Waals surface area contributed by atoms with Crippen LogP contribution in [-0.4, -0.2) is 13.2 Å². The van der Waals surface area contributed by atoms with E-state index in [4.69, 9.17) is 9.47 Å². The lowest BCUT2D eigenvalue weighted by atomic mass is 9.71. The standard InChI is InChI=1S/C28H36F3NO2.C3H8.C3H6.C2H6/c1-8-18(5)23-16-34-26(21-15-19(28(29,30)31)13-14-22(21)32-23)20-11-10-12-24(33-9-2)25(20)27(6,7)17(3)4;2*1-3-2;1-2/h10-15,17,26,32H,8-9,16H2,1-7H3;3H2,1-2H3;3H,1H2,2H3;1-2H3/b23-18+;;;/t26-;;;/m1.../s1. The number of ether oxygens (including phenoxy) is 2. The van der Waals surface area contributed by atoms with Crippen molar-refractivity contribution in [3.63, 3.8) is 0 Å². The summed E-state index contributed by atoms with van der Waals surface area (Å²) >= 11 is 0. The molecule has 1 N–H and O–H groups in total. The Morgan fingerprint density at radius 1 is 1.07 bits per heavy atom. The molecule has 1 aliphatic rings. The number of benzene rings is 2. The first-order chi connectivity index (χ1) is 19.7. The van der Waals surface area contributed by atoms with Gasteiger partial charge in [-0.1, -0.05) is 92.5 Å². The van der Waals surface area contributed by atoms with Gasteiger partial charge in [-0.25, -0.2) is 0 Å². The molecule has 0 fully saturated rings. The van der Waals surface area contributed by atoms with Gasteiger partial charge in [0.1, 0.15) is 11.9 Å². The largest absolute Gasteiger partial charge is 0.494 e. The molecule has 2 aromatic rings. The van der Waals surface area contributed by atoms with Crippen molar-refractivity contribution in [2.45, 2.75) is 114 Å². The van der Waals surface area contributed by atoms with Crippen LogP contribution in [0.2, 0.25) is 0 Å². The molecule has 3 nitrogen and oxygen atoms in total. The second-order valence-corrected chi connectivity index (χ2v) is 10.9. The lowest BCUT2D eigenvalue weighted by Crippen LogP contribution is -2.28. The van der Waals surface area contributed by atoms with E-state index in [1.54, 1.807) is 6.08 Å². The molecular weight excluding hydrogens is 535 g/mol. The Balaban J connectivity index is 0.00000190. The van der Waals surface area contributed by atoms with E-state index >= 15 is 0 Å². The smallest absolute Gasteiger partial charge is 0.416 e. The van der Waals surface area contributed by atoms with Crippen molar-refractivity contribution in [2.24, 2.45) is 5.92 Å². The molecule has 0 bridgehead atoms. The zero-order chi connectivity index (χ0) is 32.7. The van der Waals surface area contributed by atoms with Gasteiger partial charge < -0.3 is 14.8 Å². The van der Waals surface area contributed by atoms with Crippen LogP contribution in [0.5, 0.6) is 5.75 Å². The third kappa shape index (κ3) is 10.5. The van der Waals surface area contributed by atoms with Crippen molar-refractivity contribution in [1.29, 1.82) is 0 Å². The van der Waals surface area contributed by atoms with Crippen LogP contribution in [0.4, 0.5) is 18.9 Å². The molecule has 0 radical (unpaired) electrons. The Bertz CT molecular complexity index is 1120. The highest BCUT2D eigenvalue weighted by molar-refractivity contribution is 5.62. The highest BCUT2D eigenvalue weighted by atomic mass is 19.4. The molecule has 3 rings (SSSR count). The van der Waals surface area contributed by atoms with Crippen molar-refractivity contribution in [1.82, 2.24) is 0 Å². The van der Waals surface area contributed by atoms with Crippen LogP contribution in [0.3, 0.4) is 0 Å². The van der Waals surface area contributed by atoms with Crippen molar-refractivity contribution in [3.05, 3.63) is 82.6 Å². The SMILES string of the molecule is C=CC.CC.CCC.CCOc1cccc([C@H]2OC/C(=C(/C)CC)Nc3ccc(C(F)(F)F)cc32)c1C(C)(C)C(C)C. The van der Waals surface area contributed by atoms with Crippen LogP contribution >= 0.6 is 0 Å². The van der Waals surface area contributed by atoms with Crippen LogP contribution in [0.25, 0.3) is 0 Å². The summed E-state index contributed by atoms with van der Waals surface area (Å²) < 4.78 is 53.5. The first-order valence-corrected chi connectivity index (χ1v) is 15.4. The maximum atomic E-state index is 13.7. The van der Waals surface area contributed by atoms with Gasteiger partial charge in [-0.2, -0.15) is 13.2 Å². The van der Waals surface area contributed by atoms with Gasteiger partial charge in [0, 0.05) is 22.5 Å². The highest BCUT2D eigenvalue weighted by Gasteiger charge is 2.37. The second kappa shape index (κ2) is 18.7. The fraction of sp³-hybridized carbons (Fsp3) is 0.556. The molecule has 238 valence electrons. The number of rotatable bonds is 6. The maximum absolute atomic E-state index is 13.7. The fourth-order valence-corrected chi connectivity index (χ4v) is 4.25. The van der Waals surface area contributed by atoms with Gasteiger partial charge in [0.2, 0.25) is 0 Å². The summed E-state index contributed by atoms with van der Waals surface area (Å²) in [5.41, 5.74) is 3.92. The van der Waals surface area contributed by atoms with Crippen LogP contribution < -0.4 is 10.1 Å². The number of allylic oxidation sites excluding steroid dienone is 2. The zero-order valence-electron chi connectivity index (χ0n) is 28.2. The van der Waals surface area contributed by atoms with Crippen LogP contribution in [0.1, 0.15) is 124 Å².